The molecule has 1 aliphatic carbocycles. The smallest absolute Gasteiger partial charge is 0.00118 e. The zero-order valence-corrected chi connectivity index (χ0v) is 6.72. The van der Waals surface area contributed by atoms with Gasteiger partial charge >= 0.3 is 0 Å². The van der Waals surface area contributed by atoms with Gasteiger partial charge in [0, 0.05) is 6.54 Å². The van der Waals surface area contributed by atoms with E-state index in [-0.39, 0.29) is 5.41 Å². The molecule has 0 aromatic rings. The van der Waals surface area contributed by atoms with Gasteiger partial charge in [-0.15, -0.1) is 0 Å². The summed E-state index contributed by atoms with van der Waals surface area (Å²) >= 11 is 0. The van der Waals surface area contributed by atoms with E-state index in [1.54, 1.807) is 0 Å². The minimum Gasteiger partial charge on any atom is -0.330 e. The van der Waals surface area contributed by atoms with Crippen LogP contribution >= 0.6 is 0 Å². The van der Waals surface area contributed by atoms with E-state index in [0.29, 0.717) is 0 Å². The lowest BCUT2D eigenvalue weighted by Crippen LogP contribution is -2.25. The quantitative estimate of drug-likeness (QED) is 0.617. The van der Waals surface area contributed by atoms with Gasteiger partial charge in [0.2, 0.25) is 0 Å². The van der Waals surface area contributed by atoms with E-state index in [1.165, 1.54) is 5.57 Å². The average molecular weight is 137 g/mol. The monoisotopic (exact) mass is 137 g/mol. The summed E-state index contributed by atoms with van der Waals surface area (Å²) in [6.45, 7) is 5.11. The van der Waals surface area contributed by atoms with Crippen molar-refractivity contribution in [1.82, 2.24) is 0 Å². The van der Waals surface area contributed by atoms with E-state index in [9.17, 15) is 0 Å². The molecule has 0 saturated heterocycles. The Labute approximate surface area is 62.6 Å². The molecule has 0 radical (unpaired) electrons. The highest BCUT2D eigenvalue weighted by Gasteiger charge is 2.20. The molecule has 0 aromatic carbocycles. The Morgan fingerprint density at radius 2 is 2.30 bits per heavy atom. The summed E-state index contributed by atoms with van der Waals surface area (Å²) in [5, 5.41) is 0. The first-order chi connectivity index (χ1) is 4.67. The number of rotatable bonds is 2. The molecule has 1 aliphatic rings. The van der Waals surface area contributed by atoms with Crippen LogP contribution in [0.1, 0.15) is 20.3 Å². The Morgan fingerprint density at radius 3 is 2.70 bits per heavy atom. The van der Waals surface area contributed by atoms with Crippen LogP contribution in [0.5, 0.6) is 0 Å². The standard InChI is InChI=1S/C9H15N/c1-9(2,7-10)8-5-3-4-6-8/h3-5H,6-7,10H2,1-2H3. The predicted octanol–water partition coefficient (Wildman–Crippen LogP) is 1.86. The molecule has 0 aliphatic heterocycles. The molecule has 2 N–H and O–H groups in total. The second-order valence-corrected chi connectivity index (χ2v) is 3.41. The van der Waals surface area contributed by atoms with Crippen LogP contribution in [-0.2, 0) is 0 Å². The maximum absolute atomic E-state index is 5.62. The average Bonchev–Trinajstić information content (AvgIpc) is 2.38. The van der Waals surface area contributed by atoms with Crippen molar-refractivity contribution in [3.8, 4) is 0 Å². The van der Waals surface area contributed by atoms with Crippen molar-refractivity contribution in [2.75, 3.05) is 6.54 Å². The summed E-state index contributed by atoms with van der Waals surface area (Å²) in [7, 11) is 0. The second-order valence-electron chi connectivity index (χ2n) is 3.41. The van der Waals surface area contributed by atoms with Gasteiger partial charge in [0.25, 0.3) is 0 Å². The molecule has 56 valence electrons. The number of nitrogens with two attached hydrogens (primary N) is 1. The van der Waals surface area contributed by atoms with Crippen molar-refractivity contribution in [2.45, 2.75) is 20.3 Å². The van der Waals surface area contributed by atoms with Crippen molar-refractivity contribution in [2.24, 2.45) is 11.1 Å². The maximum Gasteiger partial charge on any atom is 0.00118 e. The van der Waals surface area contributed by atoms with Crippen LogP contribution in [0, 0.1) is 5.41 Å². The van der Waals surface area contributed by atoms with Gasteiger partial charge in [-0.05, 0) is 11.8 Å². The Bertz CT molecular complexity index is 175. The Hall–Kier alpha value is -0.560. The number of hydrogen-bond donors (Lipinski definition) is 1. The highest BCUT2D eigenvalue weighted by atomic mass is 14.6. The molecule has 1 nitrogen and oxygen atoms in total. The van der Waals surface area contributed by atoms with E-state index in [2.05, 4.69) is 32.1 Å². The van der Waals surface area contributed by atoms with Crippen LogP contribution in [-0.4, -0.2) is 6.54 Å². The molecule has 0 atom stereocenters. The third-order valence-electron chi connectivity index (χ3n) is 2.15. The molecule has 1 heteroatoms. The first-order valence-electron chi connectivity index (χ1n) is 3.73. The fourth-order valence-corrected chi connectivity index (χ4v) is 1.08. The molecule has 0 amide bonds. The summed E-state index contributed by atoms with van der Waals surface area (Å²) in [5.74, 6) is 0. The minimum absolute atomic E-state index is 0.198. The van der Waals surface area contributed by atoms with Crippen molar-refractivity contribution in [1.29, 1.82) is 0 Å². The third kappa shape index (κ3) is 1.29. The van der Waals surface area contributed by atoms with Crippen molar-refractivity contribution in [3.05, 3.63) is 23.8 Å². The Kier molecular flexibility index (Phi) is 1.95. The first-order valence-corrected chi connectivity index (χ1v) is 3.73. The first kappa shape index (κ1) is 7.55. The molecule has 0 aromatic heterocycles. The fraction of sp³-hybridized carbons (Fsp3) is 0.556. The maximum atomic E-state index is 5.62. The summed E-state index contributed by atoms with van der Waals surface area (Å²) in [5.41, 5.74) is 7.27. The van der Waals surface area contributed by atoms with Crippen LogP contribution < -0.4 is 5.73 Å². The Morgan fingerprint density at radius 1 is 1.60 bits per heavy atom. The van der Waals surface area contributed by atoms with Gasteiger partial charge < -0.3 is 5.73 Å². The highest BCUT2D eigenvalue weighted by Crippen LogP contribution is 2.30. The van der Waals surface area contributed by atoms with Gasteiger partial charge in [0.15, 0.2) is 0 Å². The summed E-state index contributed by atoms with van der Waals surface area (Å²) in [4.78, 5) is 0. The summed E-state index contributed by atoms with van der Waals surface area (Å²) in [6.07, 6.45) is 7.54. The van der Waals surface area contributed by atoms with Gasteiger partial charge in [0.05, 0.1) is 0 Å². The second kappa shape index (κ2) is 2.59. The fourth-order valence-electron chi connectivity index (χ4n) is 1.08. The SMILES string of the molecule is CC(C)(CN)C1=CC=CC1. The van der Waals surface area contributed by atoms with Gasteiger partial charge in [-0.2, -0.15) is 0 Å². The topological polar surface area (TPSA) is 26.0 Å². The normalized spacial score (nSPS) is 17.7. The van der Waals surface area contributed by atoms with Crippen LogP contribution in [0.4, 0.5) is 0 Å². The van der Waals surface area contributed by atoms with E-state index in [1.807, 2.05) is 0 Å². The van der Waals surface area contributed by atoms with Gasteiger partial charge in [-0.3, -0.25) is 0 Å². The molecule has 0 spiro atoms. The number of hydrogen-bond acceptors (Lipinski definition) is 1. The lowest BCUT2D eigenvalue weighted by atomic mass is 9.84. The van der Waals surface area contributed by atoms with E-state index in [4.69, 9.17) is 5.73 Å². The molecule has 0 fully saturated rings. The predicted molar refractivity (Wildman–Crippen MR) is 44.7 cm³/mol. The van der Waals surface area contributed by atoms with Crippen molar-refractivity contribution >= 4 is 0 Å². The van der Waals surface area contributed by atoms with E-state index in [0.717, 1.165) is 13.0 Å². The third-order valence-corrected chi connectivity index (χ3v) is 2.15. The number of allylic oxidation sites excluding steroid dienone is 3. The molecule has 10 heavy (non-hydrogen) atoms. The summed E-state index contributed by atoms with van der Waals surface area (Å²) in [6, 6.07) is 0. The molecule has 1 rings (SSSR count). The van der Waals surface area contributed by atoms with Gasteiger partial charge in [-0.1, -0.05) is 37.6 Å². The van der Waals surface area contributed by atoms with Gasteiger partial charge in [0.1, 0.15) is 0 Å². The van der Waals surface area contributed by atoms with E-state index < -0.39 is 0 Å². The lowest BCUT2D eigenvalue weighted by molar-refractivity contribution is 0.454. The van der Waals surface area contributed by atoms with Crippen LogP contribution in [0.25, 0.3) is 0 Å². The largest absolute Gasteiger partial charge is 0.330 e. The highest BCUT2D eigenvalue weighted by molar-refractivity contribution is 5.27. The zero-order valence-electron chi connectivity index (χ0n) is 6.72. The van der Waals surface area contributed by atoms with Crippen molar-refractivity contribution < 1.29 is 0 Å². The summed E-state index contributed by atoms with van der Waals surface area (Å²) < 4.78 is 0. The van der Waals surface area contributed by atoms with Gasteiger partial charge in [-0.25, -0.2) is 0 Å². The Balaban J connectivity index is 2.65. The van der Waals surface area contributed by atoms with Crippen LogP contribution in [0.2, 0.25) is 0 Å². The lowest BCUT2D eigenvalue weighted by Gasteiger charge is -2.23. The van der Waals surface area contributed by atoms with Crippen molar-refractivity contribution in [3.63, 3.8) is 0 Å². The van der Waals surface area contributed by atoms with Crippen LogP contribution in [0.3, 0.4) is 0 Å². The zero-order chi connectivity index (χ0) is 7.61. The molecule has 0 unspecified atom stereocenters. The van der Waals surface area contributed by atoms with Crippen LogP contribution in [0.15, 0.2) is 23.8 Å². The van der Waals surface area contributed by atoms with E-state index >= 15 is 0 Å². The molecule has 0 bridgehead atoms. The molecule has 0 saturated carbocycles. The molecule has 0 heterocycles. The minimum atomic E-state index is 0.198. The molecular weight excluding hydrogens is 122 g/mol. The molecular formula is C9H15N.